The summed E-state index contributed by atoms with van der Waals surface area (Å²) in [5.41, 5.74) is 0.977. The number of esters is 4. The lowest BCUT2D eigenvalue weighted by Gasteiger charge is -2.45. The molecule has 1 N–H and O–H groups in total. The van der Waals surface area contributed by atoms with E-state index >= 15 is 0 Å². The monoisotopic (exact) mass is 707 g/mol. The molecule has 1 fully saturated rings. The number of amides is 1. The molecule has 13 nitrogen and oxygen atoms in total. The van der Waals surface area contributed by atoms with Crippen molar-refractivity contribution in [1.29, 1.82) is 0 Å². The van der Waals surface area contributed by atoms with Gasteiger partial charge in [-0.2, -0.15) is 0 Å². The molecule has 1 aromatic carbocycles. The fourth-order valence-electron chi connectivity index (χ4n) is 5.72. The molecule has 1 saturated heterocycles. The van der Waals surface area contributed by atoms with E-state index in [1.165, 1.54) is 66.2 Å². The van der Waals surface area contributed by atoms with E-state index in [1.54, 1.807) is 0 Å². The van der Waals surface area contributed by atoms with Crippen molar-refractivity contribution in [2.75, 3.05) is 19.8 Å². The SMILES string of the molecule is CCCCCCCCCCC[C@H](CC(=O)N[C@@H]1[C@@H](OCCOC(C)=O)O[C@H](COC(C)=O)[C@@H](OC(C)=O)[C@@H]1OC(C)=O)OCc1ccccc1. The number of ether oxygens (including phenoxy) is 7. The molecular weight excluding hydrogens is 650 g/mol. The molecule has 1 aliphatic heterocycles. The first kappa shape index (κ1) is 42.6. The van der Waals surface area contributed by atoms with Crippen LogP contribution in [-0.4, -0.2) is 86.4 Å². The number of hydrogen-bond donors (Lipinski definition) is 1. The Hall–Kier alpha value is -3.55. The van der Waals surface area contributed by atoms with Crippen molar-refractivity contribution in [2.45, 2.75) is 149 Å². The minimum absolute atomic E-state index is 0.0115. The number of benzene rings is 1. The van der Waals surface area contributed by atoms with E-state index in [2.05, 4.69) is 12.2 Å². The summed E-state index contributed by atoms with van der Waals surface area (Å²) in [6.45, 7) is 6.72. The molecule has 1 aromatic rings. The van der Waals surface area contributed by atoms with Crippen LogP contribution < -0.4 is 5.32 Å². The van der Waals surface area contributed by atoms with E-state index in [0.717, 1.165) is 24.8 Å². The van der Waals surface area contributed by atoms with Crippen molar-refractivity contribution in [3.8, 4) is 0 Å². The number of nitrogens with one attached hydrogen (secondary N) is 1. The minimum atomic E-state index is -1.28. The molecule has 2 rings (SSSR count). The van der Waals surface area contributed by atoms with Crippen LogP contribution in [0.15, 0.2) is 30.3 Å². The quantitative estimate of drug-likeness (QED) is 0.0861. The molecule has 0 aliphatic carbocycles. The van der Waals surface area contributed by atoms with Crippen molar-refractivity contribution in [1.82, 2.24) is 5.32 Å². The van der Waals surface area contributed by atoms with Gasteiger partial charge in [-0.25, -0.2) is 0 Å². The van der Waals surface area contributed by atoms with Crippen LogP contribution in [0.1, 0.15) is 111 Å². The topological polar surface area (TPSA) is 162 Å². The zero-order valence-electron chi connectivity index (χ0n) is 30.4. The molecule has 50 heavy (non-hydrogen) atoms. The third-order valence-corrected chi connectivity index (χ3v) is 8.07. The fraction of sp³-hybridized carbons (Fsp3) is 0.703. The Kier molecular flexibility index (Phi) is 20.9. The van der Waals surface area contributed by atoms with Gasteiger partial charge in [-0.1, -0.05) is 95.0 Å². The number of unbranched alkanes of at least 4 members (excludes halogenated alkanes) is 8. The van der Waals surface area contributed by atoms with E-state index in [0.29, 0.717) is 13.0 Å². The molecule has 0 bridgehead atoms. The average molecular weight is 708 g/mol. The van der Waals surface area contributed by atoms with Crippen molar-refractivity contribution in [3.63, 3.8) is 0 Å². The lowest BCUT2D eigenvalue weighted by molar-refractivity contribution is -0.279. The largest absolute Gasteiger partial charge is 0.463 e. The zero-order valence-corrected chi connectivity index (χ0v) is 30.4. The van der Waals surface area contributed by atoms with Gasteiger partial charge in [0.2, 0.25) is 5.91 Å². The first-order chi connectivity index (χ1) is 24.0. The predicted octanol–water partition coefficient (Wildman–Crippen LogP) is 5.10. The second kappa shape index (κ2) is 24.6. The summed E-state index contributed by atoms with van der Waals surface area (Å²) in [5, 5.41) is 2.87. The van der Waals surface area contributed by atoms with Crippen LogP contribution in [0, 0.1) is 0 Å². The highest BCUT2D eigenvalue weighted by atomic mass is 16.7. The smallest absolute Gasteiger partial charge is 0.303 e. The highest BCUT2D eigenvalue weighted by Crippen LogP contribution is 2.28. The van der Waals surface area contributed by atoms with Crippen molar-refractivity contribution in [2.24, 2.45) is 0 Å². The Bertz CT molecular complexity index is 1160. The van der Waals surface area contributed by atoms with Crippen LogP contribution >= 0.6 is 0 Å². The van der Waals surface area contributed by atoms with Crippen LogP contribution in [0.2, 0.25) is 0 Å². The molecule has 0 spiro atoms. The van der Waals surface area contributed by atoms with Gasteiger partial charge in [-0.3, -0.25) is 24.0 Å². The van der Waals surface area contributed by atoms with E-state index in [1.807, 2.05) is 30.3 Å². The Morgan fingerprint density at radius 3 is 1.94 bits per heavy atom. The molecule has 1 amide bonds. The molecule has 1 heterocycles. The van der Waals surface area contributed by atoms with Gasteiger partial charge in [0.05, 0.1) is 25.7 Å². The molecular formula is C37H57NO12. The maximum absolute atomic E-state index is 13.7. The fourth-order valence-corrected chi connectivity index (χ4v) is 5.72. The summed E-state index contributed by atoms with van der Waals surface area (Å²) in [7, 11) is 0. The van der Waals surface area contributed by atoms with Gasteiger partial charge in [-0.15, -0.1) is 0 Å². The van der Waals surface area contributed by atoms with Gasteiger partial charge in [0.25, 0.3) is 0 Å². The summed E-state index contributed by atoms with van der Waals surface area (Å²) in [6.07, 6.45) is 5.77. The Morgan fingerprint density at radius 2 is 1.34 bits per heavy atom. The van der Waals surface area contributed by atoms with Gasteiger partial charge in [-0.05, 0) is 12.0 Å². The number of carbonyl (C=O) groups is 5. The molecule has 0 radical (unpaired) electrons. The first-order valence-corrected chi connectivity index (χ1v) is 17.8. The van der Waals surface area contributed by atoms with E-state index in [-0.39, 0.29) is 26.2 Å². The molecule has 13 heteroatoms. The Labute approximate surface area is 296 Å². The first-order valence-electron chi connectivity index (χ1n) is 17.8. The maximum atomic E-state index is 13.7. The Balaban J connectivity index is 2.22. The van der Waals surface area contributed by atoms with Crippen molar-refractivity contribution >= 4 is 29.8 Å². The summed E-state index contributed by atoms with van der Waals surface area (Å²) in [6, 6.07) is 8.52. The predicted molar refractivity (Wildman–Crippen MR) is 182 cm³/mol. The molecule has 6 atom stereocenters. The van der Waals surface area contributed by atoms with Crippen LogP contribution in [0.3, 0.4) is 0 Å². The minimum Gasteiger partial charge on any atom is -0.463 e. The molecule has 0 unspecified atom stereocenters. The van der Waals surface area contributed by atoms with Gasteiger partial charge >= 0.3 is 23.9 Å². The van der Waals surface area contributed by atoms with Crippen molar-refractivity contribution in [3.05, 3.63) is 35.9 Å². The standard InChI is InChI=1S/C37H57NO12/c1-6-7-8-9-10-11-12-13-17-20-31(47-24-30-18-15-14-16-19-30)23-33(43)38-34-36(49-29(5)42)35(48-28(4)41)32(25-46-27(3)40)50-37(34)45-22-21-44-26(2)39/h14-16,18-19,31-32,34-37H,6-13,17,20-25H2,1-5H3,(H,38,43)/t31-,32-,34+,35-,36-,37+/m1/s1. The molecule has 0 saturated carbocycles. The zero-order chi connectivity index (χ0) is 36.7. The third kappa shape index (κ3) is 17.9. The lowest BCUT2D eigenvalue weighted by Crippen LogP contribution is -2.67. The highest BCUT2D eigenvalue weighted by molar-refractivity contribution is 5.77. The van der Waals surface area contributed by atoms with E-state index in [9.17, 15) is 24.0 Å². The van der Waals surface area contributed by atoms with Crippen LogP contribution in [0.4, 0.5) is 0 Å². The summed E-state index contributed by atoms with van der Waals surface area (Å²) >= 11 is 0. The Morgan fingerprint density at radius 1 is 0.740 bits per heavy atom. The van der Waals surface area contributed by atoms with Crippen molar-refractivity contribution < 1.29 is 57.1 Å². The molecule has 1 aliphatic rings. The highest BCUT2D eigenvalue weighted by Gasteiger charge is 2.51. The summed E-state index contributed by atoms with van der Waals surface area (Å²) in [4.78, 5) is 61.2. The lowest BCUT2D eigenvalue weighted by atomic mass is 9.95. The second-order valence-corrected chi connectivity index (χ2v) is 12.5. The van der Waals surface area contributed by atoms with E-state index < -0.39 is 66.5 Å². The summed E-state index contributed by atoms with van der Waals surface area (Å²) in [5.74, 6) is -2.99. The van der Waals surface area contributed by atoms with Gasteiger partial charge < -0.3 is 38.5 Å². The van der Waals surface area contributed by atoms with E-state index in [4.69, 9.17) is 33.2 Å². The second-order valence-electron chi connectivity index (χ2n) is 12.5. The third-order valence-electron chi connectivity index (χ3n) is 8.07. The average Bonchev–Trinajstić information content (AvgIpc) is 3.06. The van der Waals surface area contributed by atoms with Gasteiger partial charge in [0.1, 0.15) is 25.4 Å². The maximum Gasteiger partial charge on any atom is 0.303 e. The summed E-state index contributed by atoms with van der Waals surface area (Å²) < 4.78 is 39.5. The number of rotatable bonds is 24. The molecule has 282 valence electrons. The van der Waals surface area contributed by atoms with Crippen LogP contribution in [0.25, 0.3) is 0 Å². The van der Waals surface area contributed by atoms with Gasteiger partial charge in [0, 0.05) is 27.7 Å². The van der Waals surface area contributed by atoms with Crippen LogP contribution in [0.5, 0.6) is 0 Å². The van der Waals surface area contributed by atoms with Crippen LogP contribution in [-0.2, 0) is 63.7 Å². The molecule has 0 aromatic heterocycles. The number of hydrogen-bond acceptors (Lipinski definition) is 12. The van der Waals surface area contributed by atoms with Gasteiger partial charge in [0.15, 0.2) is 18.5 Å². The normalized spacial score (nSPS) is 20.7. The number of carbonyl (C=O) groups excluding carboxylic acids is 5.